The second-order valence-corrected chi connectivity index (χ2v) is 14.0. The number of aromatic nitrogens is 3. The monoisotopic (exact) mass is 638 g/mol. The molecule has 1 aliphatic heterocycles. The second-order valence-electron chi connectivity index (χ2n) is 13.5. The topological polar surface area (TPSA) is 80.3 Å². The van der Waals surface area contributed by atoms with Gasteiger partial charge in [-0.15, -0.1) is 0 Å². The van der Waals surface area contributed by atoms with Crippen LogP contribution in [0.25, 0.3) is 0 Å². The lowest BCUT2D eigenvalue weighted by Gasteiger charge is -2.49. The fraction of sp³-hybridized carbons (Fsp3) is 0.571. The van der Waals surface area contributed by atoms with Crippen LogP contribution in [0.2, 0.25) is 5.02 Å². The molecule has 10 heteroatoms. The Kier molecular flexibility index (Phi) is 10.0. The largest absolute Gasteiger partial charge is 0.356 e. The summed E-state index contributed by atoms with van der Waals surface area (Å²) >= 11 is 6.22. The third-order valence-electron chi connectivity index (χ3n) is 10.8. The van der Waals surface area contributed by atoms with Gasteiger partial charge in [-0.25, -0.2) is 13.8 Å². The number of carbonyl (C=O) groups is 1. The molecule has 2 aromatic carbocycles. The minimum absolute atomic E-state index is 0.0191. The number of benzene rings is 2. The standard InChI is InChI=1S/C35H45ClF2N6O/c36-27-8-6-25(7-9-27)20-33(44(29-12-10-28(39)11-13-29)30-14-15-31(37)32(38)21-30)34(45)42-18-16-35(17-19-42,22-43-24-40-23-41-43)26-4-2-1-3-5-26/h6-9,14-15,21,23-24,26,28-29,33H,1-5,10-13,16-20,22,39H2/t28?,29?,33-/m1/s1. The first-order chi connectivity index (χ1) is 21.8. The molecule has 2 aliphatic carbocycles. The van der Waals surface area contributed by atoms with Crippen molar-refractivity contribution < 1.29 is 13.6 Å². The van der Waals surface area contributed by atoms with Gasteiger partial charge in [-0.3, -0.25) is 9.48 Å². The number of carbonyl (C=O) groups excluding carboxylic acids is 1. The first kappa shape index (κ1) is 31.9. The summed E-state index contributed by atoms with van der Waals surface area (Å²) in [5, 5.41) is 5.08. The fourth-order valence-electron chi connectivity index (χ4n) is 8.25. The summed E-state index contributed by atoms with van der Waals surface area (Å²) in [5.41, 5.74) is 7.84. The van der Waals surface area contributed by atoms with Crippen LogP contribution >= 0.6 is 11.6 Å². The van der Waals surface area contributed by atoms with Crippen molar-refractivity contribution in [2.24, 2.45) is 17.1 Å². The lowest BCUT2D eigenvalue weighted by molar-refractivity contribution is -0.136. The van der Waals surface area contributed by atoms with Crippen LogP contribution in [0, 0.1) is 23.0 Å². The SMILES string of the molecule is NC1CCC(N(c2ccc(F)c(F)c2)[C@H](Cc2ccc(Cl)cc2)C(=O)N2CCC(Cn3cncn3)(C3CCCCC3)CC2)CC1. The third kappa shape index (κ3) is 7.35. The second kappa shape index (κ2) is 14.2. The first-order valence-corrected chi connectivity index (χ1v) is 17.0. The van der Waals surface area contributed by atoms with E-state index in [9.17, 15) is 13.6 Å². The van der Waals surface area contributed by atoms with E-state index in [2.05, 4.69) is 15.0 Å². The normalized spacial score (nSPS) is 23.1. The first-order valence-electron chi connectivity index (χ1n) is 16.7. The van der Waals surface area contributed by atoms with E-state index in [-0.39, 0.29) is 23.4 Å². The molecule has 242 valence electrons. The summed E-state index contributed by atoms with van der Waals surface area (Å²) in [6.07, 6.45) is 15.1. The van der Waals surface area contributed by atoms with Gasteiger partial charge in [0.15, 0.2) is 11.6 Å². The van der Waals surface area contributed by atoms with Gasteiger partial charge in [-0.05, 0) is 92.5 Å². The molecule has 2 heterocycles. The molecule has 3 aliphatic rings. The molecule has 0 unspecified atom stereocenters. The van der Waals surface area contributed by atoms with Crippen molar-refractivity contribution in [2.45, 2.75) is 102 Å². The highest BCUT2D eigenvalue weighted by Crippen LogP contribution is 2.47. The van der Waals surface area contributed by atoms with Crippen molar-refractivity contribution in [2.75, 3.05) is 18.0 Å². The molecule has 45 heavy (non-hydrogen) atoms. The molecule has 2 N–H and O–H groups in total. The van der Waals surface area contributed by atoms with E-state index >= 15 is 0 Å². The van der Waals surface area contributed by atoms with Gasteiger partial charge < -0.3 is 15.5 Å². The molecule has 0 spiro atoms. The lowest BCUT2D eigenvalue weighted by Crippen LogP contribution is -2.57. The van der Waals surface area contributed by atoms with Crippen LogP contribution < -0.4 is 10.6 Å². The summed E-state index contributed by atoms with van der Waals surface area (Å²) in [6.45, 7) is 2.13. The highest BCUT2D eigenvalue weighted by Gasteiger charge is 2.45. The molecule has 0 radical (unpaired) electrons. The number of anilines is 1. The Morgan fingerprint density at radius 3 is 2.33 bits per heavy atom. The van der Waals surface area contributed by atoms with Gasteiger partial charge in [-0.2, -0.15) is 5.10 Å². The predicted octanol–water partition coefficient (Wildman–Crippen LogP) is 6.79. The van der Waals surface area contributed by atoms with E-state index in [0.717, 1.165) is 50.6 Å². The Morgan fingerprint density at radius 1 is 0.978 bits per heavy atom. The van der Waals surface area contributed by atoms with Crippen LogP contribution in [0.15, 0.2) is 55.1 Å². The molecule has 3 fully saturated rings. The Bertz CT molecular complexity index is 1400. The zero-order valence-electron chi connectivity index (χ0n) is 26.0. The van der Waals surface area contributed by atoms with Crippen LogP contribution in [0.3, 0.4) is 0 Å². The van der Waals surface area contributed by atoms with Gasteiger partial charge in [0.2, 0.25) is 5.91 Å². The number of halogens is 3. The minimum Gasteiger partial charge on any atom is -0.356 e. The summed E-state index contributed by atoms with van der Waals surface area (Å²) in [4.78, 5) is 23.1. The van der Waals surface area contributed by atoms with Gasteiger partial charge in [0.25, 0.3) is 0 Å². The van der Waals surface area contributed by atoms with Crippen molar-refractivity contribution in [3.05, 3.63) is 77.3 Å². The van der Waals surface area contributed by atoms with E-state index in [1.165, 1.54) is 44.2 Å². The highest BCUT2D eigenvalue weighted by atomic mass is 35.5. The molecule has 6 rings (SSSR count). The smallest absolute Gasteiger partial charge is 0.245 e. The average molecular weight is 639 g/mol. The van der Waals surface area contributed by atoms with E-state index in [1.54, 1.807) is 18.7 Å². The maximum absolute atomic E-state index is 14.8. The highest BCUT2D eigenvalue weighted by molar-refractivity contribution is 6.30. The number of nitrogens with two attached hydrogens (primary N) is 1. The van der Waals surface area contributed by atoms with E-state index < -0.39 is 17.7 Å². The van der Waals surface area contributed by atoms with Gasteiger partial charge in [0.05, 0.1) is 0 Å². The molecular formula is C35H45ClF2N6O. The maximum atomic E-state index is 14.8. The van der Waals surface area contributed by atoms with Crippen LogP contribution in [-0.2, 0) is 17.8 Å². The summed E-state index contributed by atoms with van der Waals surface area (Å²) in [6, 6.07) is 11.1. The van der Waals surface area contributed by atoms with Crippen molar-refractivity contribution in [3.8, 4) is 0 Å². The fourth-order valence-corrected chi connectivity index (χ4v) is 8.38. The number of likely N-dealkylation sites (tertiary alicyclic amines) is 1. The molecular weight excluding hydrogens is 594 g/mol. The van der Waals surface area contributed by atoms with Gasteiger partial charge in [0, 0.05) is 54.9 Å². The van der Waals surface area contributed by atoms with Crippen LogP contribution in [0.1, 0.15) is 76.2 Å². The van der Waals surface area contributed by atoms with Crippen LogP contribution in [0.4, 0.5) is 14.5 Å². The molecule has 7 nitrogen and oxygen atoms in total. The van der Waals surface area contributed by atoms with Gasteiger partial charge >= 0.3 is 0 Å². The minimum atomic E-state index is -0.911. The van der Waals surface area contributed by atoms with Gasteiger partial charge in [0.1, 0.15) is 18.7 Å². The molecule has 2 saturated carbocycles. The van der Waals surface area contributed by atoms with E-state index in [1.807, 2.05) is 33.8 Å². The number of nitrogens with zero attached hydrogens (tertiary/aromatic N) is 5. The van der Waals surface area contributed by atoms with Crippen LogP contribution in [0.5, 0.6) is 0 Å². The molecule has 3 aromatic rings. The Hall–Kier alpha value is -3.04. The quantitative estimate of drug-likeness (QED) is 0.279. The number of hydrogen-bond acceptors (Lipinski definition) is 5. The third-order valence-corrected chi connectivity index (χ3v) is 11.0. The zero-order valence-corrected chi connectivity index (χ0v) is 26.7. The van der Waals surface area contributed by atoms with E-state index in [4.69, 9.17) is 17.3 Å². The van der Waals surface area contributed by atoms with Gasteiger partial charge in [-0.1, -0.05) is 43.0 Å². The molecule has 1 amide bonds. The van der Waals surface area contributed by atoms with Crippen molar-refractivity contribution in [3.63, 3.8) is 0 Å². The molecule has 1 aromatic heterocycles. The zero-order chi connectivity index (χ0) is 31.4. The van der Waals surface area contributed by atoms with Crippen molar-refractivity contribution in [1.82, 2.24) is 19.7 Å². The number of piperidine rings is 1. The average Bonchev–Trinajstić information content (AvgIpc) is 3.57. The molecule has 0 bridgehead atoms. The van der Waals surface area contributed by atoms with Crippen LogP contribution in [-0.4, -0.2) is 56.8 Å². The van der Waals surface area contributed by atoms with Crippen molar-refractivity contribution in [1.29, 1.82) is 0 Å². The maximum Gasteiger partial charge on any atom is 0.245 e. The van der Waals surface area contributed by atoms with Crippen molar-refractivity contribution >= 4 is 23.2 Å². The number of hydrogen-bond donors (Lipinski definition) is 1. The Balaban J connectivity index is 1.31. The Morgan fingerprint density at radius 2 is 1.69 bits per heavy atom. The molecule has 1 atom stereocenters. The molecule has 1 saturated heterocycles. The summed E-state index contributed by atoms with van der Waals surface area (Å²) in [7, 11) is 0. The predicted molar refractivity (Wildman–Crippen MR) is 173 cm³/mol. The lowest BCUT2D eigenvalue weighted by atomic mass is 9.63. The summed E-state index contributed by atoms with van der Waals surface area (Å²) in [5.74, 6) is -1.18. The summed E-state index contributed by atoms with van der Waals surface area (Å²) < 4.78 is 30.8. The number of rotatable bonds is 9. The Labute approximate surface area is 270 Å². The van der Waals surface area contributed by atoms with E-state index in [0.29, 0.717) is 36.1 Å². The number of amides is 1.